The van der Waals surface area contributed by atoms with Crippen LogP contribution in [0.5, 0.6) is 5.75 Å². The maximum atomic E-state index is 8.66. The van der Waals surface area contributed by atoms with Crippen LogP contribution in [0.2, 0.25) is 0 Å². The quantitative estimate of drug-likeness (QED) is 0.836. The second-order valence-electron chi connectivity index (χ2n) is 2.69. The number of ether oxygens (including phenoxy) is 1. The van der Waals surface area contributed by atoms with Crippen LogP contribution in [0.25, 0.3) is 10.8 Å². The maximum Gasteiger partial charge on any atom is 0.240 e. The van der Waals surface area contributed by atoms with Crippen LogP contribution in [0, 0.1) is 11.3 Å². The Morgan fingerprint density at radius 3 is 3.00 bits per heavy atom. The number of methoxy groups -OCH3 is 1. The van der Waals surface area contributed by atoms with Crippen molar-refractivity contribution in [2.24, 2.45) is 0 Å². The van der Waals surface area contributed by atoms with E-state index >= 15 is 0 Å². The molecule has 5 nitrogen and oxygen atoms in total. The number of hydrogen-bond acceptors (Lipinski definition) is 6. The van der Waals surface area contributed by atoms with Crippen LogP contribution in [-0.2, 0) is 0 Å². The predicted octanol–water partition coefficient (Wildman–Crippen LogP) is 1.87. The molecule has 0 aliphatic heterocycles. The number of nitriles is 1. The Morgan fingerprint density at radius 1 is 1.67 bits per heavy atom. The van der Waals surface area contributed by atoms with Gasteiger partial charge in [0, 0.05) is 11.4 Å². The SMILES string of the molecule is COc1csc(-c2nc(C#N)c(N)o2)c1. The number of aromatic nitrogens is 1. The molecule has 0 amide bonds. The second kappa shape index (κ2) is 3.63. The van der Waals surface area contributed by atoms with Crippen molar-refractivity contribution in [1.29, 1.82) is 5.26 Å². The molecule has 0 aliphatic carbocycles. The first-order valence-corrected chi connectivity index (χ1v) is 4.92. The van der Waals surface area contributed by atoms with E-state index in [0.29, 0.717) is 5.89 Å². The van der Waals surface area contributed by atoms with Gasteiger partial charge in [0.05, 0.1) is 12.0 Å². The lowest BCUT2D eigenvalue weighted by Gasteiger charge is -1.89. The van der Waals surface area contributed by atoms with E-state index in [-0.39, 0.29) is 11.6 Å². The highest BCUT2D eigenvalue weighted by atomic mass is 32.1. The van der Waals surface area contributed by atoms with Crippen LogP contribution in [0.3, 0.4) is 0 Å². The molecule has 0 bridgehead atoms. The summed E-state index contributed by atoms with van der Waals surface area (Å²) in [5, 5.41) is 10.5. The molecule has 0 unspecified atom stereocenters. The number of oxazole rings is 1. The Hall–Kier alpha value is -2.00. The zero-order valence-corrected chi connectivity index (χ0v) is 8.67. The molecule has 6 heteroatoms. The Bertz CT molecular complexity index is 524. The molecule has 2 rings (SSSR count). The third-order valence-corrected chi connectivity index (χ3v) is 2.68. The van der Waals surface area contributed by atoms with E-state index in [4.69, 9.17) is 20.1 Å². The van der Waals surface area contributed by atoms with Crippen molar-refractivity contribution < 1.29 is 9.15 Å². The van der Waals surface area contributed by atoms with E-state index < -0.39 is 0 Å². The van der Waals surface area contributed by atoms with Crippen LogP contribution in [-0.4, -0.2) is 12.1 Å². The Labute approximate surface area is 89.7 Å². The maximum absolute atomic E-state index is 8.66. The standard InChI is InChI=1S/C9H7N3O2S/c1-13-5-2-7(15-4-5)9-12-6(3-10)8(11)14-9/h2,4H,11H2,1H3. The van der Waals surface area contributed by atoms with Gasteiger partial charge in [-0.3, -0.25) is 0 Å². The number of hydrogen-bond donors (Lipinski definition) is 1. The van der Waals surface area contributed by atoms with Gasteiger partial charge in [-0.2, -0.15) is 10.2 Å². The fraction of sp³-hybridized carbons (Fsp3) is 0.111. The third-order valence-electron chi connectivity index (χ3n) is 1.78. The monoisotopic (exact) mass is 221 g/mol. The topological polar surface area (TPSA) is 85.1 Å². The summed E-state index contributed by atoms with van der Waals surface area (Å²) in [6.07, 6.45) is 0. The van der Waals surface area contributed by atoms with Gasteiger partial charge in [-0.25, -0.2) is 0 Å². The highest BCUT2D eigenvalue weighted by Crippen LogP contribution is 2.31. The summed E-state index contributed by atoms with van der Waals surface area (Å²) in [5.41, 5.74) is 5.56. The molecule has 0 atom stereocenters. The number of nitrogens with two attached hydrogens (primary N) is 1. The first-order valence-electron chi connectivity index (χ1n) is 4.04. The Kier molecular flexibility index (Phi) is 2.31. The number of nitrogen functional groups attached to an aromatic ring is 1. The molecule has 0 aromatic carbocycles. The van der Waals surface area contributed by atoms with Gasteiger partial charge < -0.3 is 14.9 Å². The van der Waals surface area contributed by atoms with Crippen molar-refractivity contribution in [3.8, 4) is 22.6 Å². The molecule has 15 heavy (non-hydrogen) atoms. The minimum Gasteiger partial charge on any atom is -0.496 e. The molecule has 2 aromatic heterocycles. The van der Waals surface area contributed by atoms with Crippen LogP contribution in [0.4, 0.5) is 5.88 Å². The van der Waals surface area contributed by atoms with E-state index in [2.05, 4.69) is 4.98 Å². The molecule has 0 spiro atoms. The molecule has 0 aliphatic rings. The zero-order chi connectivity index (χ0) is 10.8. The largest absolute Gasteiger partial charge is 0.496 e. The van der Waals surface area contributed by atoms with E-state index in [0.717, 1.165) is 10.6 Å². The van der Waals surface area contributed by atoms with Crippen molar-refractivity contribution >= 4 is 17.2 Å². The van der Waals surface area contributed by atoms with Gasteiger partial charge in [0.25, 0.3) is 0 Å². The number of rotatable bonds is 2. The summed E-state index contributed by atoms with van der Waals surface area (Å²) >= 11 is 1.41. The number of anilines is 1. The van der Waals surface area contributed by atoms with E-state index in [1.54, 1.807) is 13.2 Å². The fourth-order valence-electron chi connectivity index (χ4n) is 1.06. The molecule has 76 valence electrons. The summed E-state index contributed by atoms with van der Waals surface area (Å²) in [5.74, 6) is 1.11. The average Bonchev–Trinajstić information content (AvgIpc) is 2.83. The molecule has 2 N–H and O–H groups in total. The summed E-state index contributed by atoms with van der Waals surface area (Å²) in [6, 6.07) is 3.62. The van der Waals surface area contributed by atoms with Gasteiger partial charge in [0.15, 0.2) is 0 Å². The highest BCUT2D eigenvalue weighted by molar-refractivity contribution is 7.13. The third kappa shape index (κ3) is 1.65. The number of nitrogens with zero attached hydrogens (tertiary/aromatic N) is 2. The van der Waals surface area contributed by atoms with E-state index in [9.17, 15) is 0 Å². The Balaban J connectivity index is 2.41. The highest BCUT2D eigenvalue weighted by Gasteiger charge is 2.13. The fourth-order valence-corrected chi connectivity index (χ4v) is 1.84. The molecule has 0 radical (unpaired) electrons. The van der Waals surface area contributed by atoms with E-state index in [1.165, 1.54) is 11.3 Å². The zero-order valence-electron chi connectivity index (χ0n) is 7.85. The van der Waals surface area contributed by atoms with Gasteiger partial charge in [-0.05, 0) is 0 Å². The first-order chi connectivity index (χ1) is 7.24. The van der Waals surface area contributed by atoms with Gasteiger partial charge in [-0.1, -0.05) is 0 Å². The lowest BCUT2D eigenvalue weighted by Crippen LogP contribution is -1.83. The van der Waals surface area contributed by atoms with Crippen LogP contribution < -0.4 is 10.5 Å². The van der Waals surface area contributed by atoms with Gasteiger partial charge in [0.2, 0.25) is 17.5 Å². The van der Waals surface area contributed by atoms with Crippen LogP contribution in [0.1, 0.15) is 5.69 Å². The van der Waals surface area contributed by atoms with Gasteiger partial charge in [-0.15, -0.1) is 11.3 Å². The van der Waals surface area contributed by atoms with Crippen LogP contribution >= 0.6 is 11.3 Å². The van der Waals surface area contributed by atoms with Crippen molar-refractivity contribution in [3.05, 3.63) is 17.1 Å². The van der Waals surface area contributed by atoms with E-state index in [1.807, 2.05) is 11.4 Å². The minimum absolute atomic E-state index is 0.0415. The summed E-state index contributed by atoms with van der Waals surface area (Å²) in [4.78, 5) is 4.73. The molecular weight excluding hydrogens is 214 g/mol. The minimum atomic E-state index is 0.0415. The summed E-state index contributed by atoms with van der Waals surface area (Å²) in [6.45, 7) is 0. The molecular formula is C9H7N3O2S. The average molecular weight is 221 g/mol. The summed E-state index contributed by atoms with van der Waals surface area (Å²) in [7, 11) is 1.58. The molecule has 2 aromatic rings. The van der Waals surface area contributed by atoms with Crippen molar-refractivity contribution in [2.45, 2.75) is 0 Å². The Morgan fingerprint density at radius 2 is 2.47 bits per heavy atom. The second-order valence-corrected chi connectivity index (χ2v) is 3.61. The van der Waals surface area contributed by atoms with Crippen molar-refractivity contribution in [1.82, 2.24) is 4.98 Å². The lowest BCUT2D eigenvalue weighted by atomic mass is 10.4. The van der Waals surface area contributed by atoms with Gasteiger partial charge in [0.1, 0.15) is 11.8 Å². The molecule has 0 saturated carbocycles. The van der Waals surface area contributed by atoms with Crippen molar-refractivity contribution in [2.75, 3.05) is 12.8 Å². The molecule has 2 heterocycles. The first kappa shape index (κ1) is 9.55. The summed E-state index contributed by atoms with van der Waals surface area (Å²) < 4.78 is 10.2. The normalized spacial score (nSPS) is 9.87. The molecule has 0 saturated heterocycles. The van der Waals surface area contributed by atoms with Crippen LogP contribution in [0.15, 0.2) is 15.9 Å². The molecule has 0 fully saturated rings. The number of thiophene rings is 1. The lowest BCUT2D eigenvalue weighted by molar-refractivity contribution is 0.416. The predicted molar refractivity (Wildman–Crippen MR) is 55.5 cm³/mol. The smallest absolute Gasteiger partial charge is 0.240 e. The van der Waals surface area contributed by atoms with Crippen molar-refractivity contribution in [3.63, 3.8) is 0 Å². The van der Waals surface area contributed by atoms with Gasteiger partial charge >= 0.3 is 0 Å².